The number of nitrogens with one attached hydrogen (secondary N) is 1. The van der Waals surface area contributed by atoms with Crippen LogP contribution >= 0.6 is 0 Å². The van der Waals surface area contributed by atoms with E-state index in [2.05, 4.69) is 12.2 Å². The van der Waals surface area contributed by atoms with E-state index in [9.17, 15) is 4.79 Å². The van der Waals surface area contributed by atoms with Crippen molar-refractivity contribution in [2.75, 3.05) is 19.8 Å². The van der Waals surface area contributed by atoms with Crippen LogP contribution in [-0.4, -0.2) is 31.7 Å². The maximum atomic E-state index is 11.9. The molecule has 2 aliphatic rings. The summed E-state index contributed by atoms with van der Waals surface area (Å²) < 4.78 is 5.21. The van der Waals surface area contributed by atoms with Gasteiger partial charge in [-0.1, -0.05) is 32.6 Å². The van der Waals surface area contributed by atoms with Crippen molar-refractivity contribution < 1.29 is 9.53 Å². The molecule has 0 aromatic carbocycles. The summed E-state index contributed by atoms with van der Waals surface area (Å²) in [6.45, 7) is 4.12. The molecule has 0 aromatic heterocycles. The molecule has 4 nitrogen and oxygen atoms in total. The van der Waals surface area contributed by atoms with E-state index in [0.29, 0.717) is 13.2 Å². The number of hydrogen-bond acceptors (Lipinski definition) is 3. The first-order valence-corrected chi connectivity index (χ1v) is 7.28. The number of ether oxygens (including phenoxy) is 1. The quantitative estimate of drug-likeness (QED) is 0.794. The molecule has 0 aromatic rings. The summed E-state index contributed by atoms with van der Waals surface area (Å²) in [5.41, 5.74) is 5.82. The molecule has 1 saturated carbocycles. The Balaban J connectivity index is 1.61. The standard InChI is InChI=1S/C14H26N2O2/c1-10-2-4-11(5-3-10)6-7-16-14(17)12-8-18-9-13(12)15/h10-13H,2-9,15H2,1H3,(H,16,17). The molecule has 1 aliphatic heterocycles. The Kier molecular flexibility index (Phi) is 5.01. The number of carbonyl (C=O) groups is 1. The van der Waals surface area contributed by atoms with Crippen molar-refractivity contribution in [2.45, 2.75) is 45.1 Å². The average molecular weight is 254 g/mol. The van der Waals surface area contributed by atoms with Gasteiger partial charge in [0.1, 0.15) is 0 Å². The van der Waals surface area contributed by atoms with Crippen LogP contribution in [0.5, 0.6) is 0 Å². The number of amides is 1. The first-order chi connectivity index (χ1) is 8.66. The fourth-order valence-electron chi connectivity index (χ4n) is 2.99. The molecule has 1 aliphatic carbocycles. The molecule has 2 atom stereocenters. The summed E-state index contributed by atoms with van der Waals surface area (Å²) in [6.07, 6.45) is 6.45. The van der Waals surface area contributed by atoms with Crippen LogP contribution in [0.4, 0.5) is 0 Å². The summed E-state index contributed by atoms with van der Waals surface area (Å²) in [7, 11) is 0. The van der Waals surface area contributed by atoms with Crippen LogP contribution < -0.4 is 11.1 Å². The Bertz CT molecular complexity index is 275. The van der Waals surface area contributed by atoms with E-state index in [1.165, 1.54) is 25.7 Å². The Hall–Kier alpha value is -0.610. The number of carbonyl (C=O) groups excluding carboxylic acids is 1. The first-order valence-electron chi connectivity index (χ1n) is 7.28. The van der Waals surface area contributed by atoms with Gasteiger partial charge in [0, 0.05) is 12.6 Å². The van der Waals surface area contributed by atoms with Gasteiger partial charge in [0.25, 0.3) is 0 Å². The highest BCUT2D eigenvalue weighted by Crippen LogP contribution is 2.29. The summed E-state index contributed by atoms with van der Waals surface area (Å²) >= 11 is 0. The van der Waals surface area contributed by atoms with Gasteiger partial charge in [-0.3, -0.25) is 4.79 Å². The third-order valence-electron chi connectivity index (χ3n) is 4.45. The normalized spacial score (nSPS) is 36.6. The molecule has 1 amide bonds. The van der Waals surface area contributed by atoms with Crippen LogP contribution in [0.25, 0.3) is 0 Å². The second-order valence-electron chi connectivity index (χ2n) is 6.01. The highest BCUT2D eigenvalue weighted by Gasteiger charge is 2.31. The van der Waals surface area contributed by atoms with Crippen molar-refractivity contribution >= 4 is 5.91 Å². The molecule has 1 saturated heterocycles. The van der Waals surface area contributed by atoms with E-state index in [0.717, 1.165) is 24.8 Å². The van der Waals surface area contributed by atoms with E-state index in [4.69, 9.17) is 10.5 Å². The van der Waals surface area contributed by atoms with Crippen molar-refractivity contribution in [3.63, 3.8) is 0 Å². The summed E-state index contributed by atoms with van der Waals surface area (Å²) in [5.74, 6) is 1.63. The van der Waals surface area contributed by atoms with Gasteiger partial charge in [-0.25, -0.2) is 0 Å². The number of nitrogens with two attached hydrogens (primary N) is 1. The van der Waals surface area contributed by atoms with Crippen LogP contribution in [0.3, 0.4) is 0 Å². The number of hydrogen-bond donors (Lipinski definition) is 2. The predicted octanol–water partition coefficient (Wildman–Crippen LogP) is 1.29. The van der Waals surface area contributed by atoms with Crippen LogP contribution in [0, 0.1) is 17.8 Å². The van der Waals surface area contributed by atoms with Crippen LogP contribution in [0.15, 0.2) is 0 Å². The average Bonchev–Trinajstić information content (AvgIpc) is 2.78. The summed E-state index contributed by atoms with van der Waals surface area (Å²) in [5, 5.41) is 3.01. The van der Waals surface area contributed by atoms with Gasteiger partial charge in [-0.05, 0) is 18.3 Å². The predicted molar refractivity (Wildman–Crippen MR) is 71.0 cm³/mol. The van der Waals surface area contributed by atoms with Crippen LogP contribution in [0.2, 0.25) is 0 Å². The molecule has 0 spiro atoms. The minimum absolute atomic E-state index is 0.0733. The molecule has 2 fully saturated rings. The van der Waals surface area contributed by atoms with Crippen molar-refractivity contribution in [3.8, 4) is 0 Å². The first kappa shape index (κ1) is 13.8. The smallest absolute Gasteiger partial charge is 0.227 e. The monoisotopic (exact) mass is 254 g/mol. The topological polar surface area (TPSA) is 64.3 Å². The molecular weight excluding hydrogens is 228 g/mol. The van der Waals surface area contributed by atoms with Gasteiger partial charge in [0.2, 0.25) is 5.91 Å². The van der Waals surface area contributed by atoms with Gasteiger partial charge in [-0.15, -0.1) is 0 Å². The minimum Gasteiger partial charge on any atom is -0.379 e. The lowest BCUT2D eigenvalue weighted by Crippen LogP contribution is -2.41. The fraction of sp³-hybridized carbons (Fsp3) is 0.929. The second kappa shape index (κ2) is 6.53. The molecule has 18 heavy (non-hydrogen) atoms. The Morgan fingerprint density at radius 1 is 1.28 bits per heavy atom. The van der Waals surface area contributed by atoms with Gasteiger partial charge >= 0.3 is 0 Å². The lowest BCUT2D eigenvalue weighted by atomic mass is 9.81. The Morgan fingerprint density at radius 2 is 2.00 bits per heavy atom. The highest BCUT2D eigenvalue weighted by atomic mass is 16.5. The zero-order valence-electron chi connectivity index (χ0n) is 11.4. The molecule has 2 rings (SSSR count). The van der Waals surface area contributed by atoms with Crippen molar-refractivity contribution in [1.29, 1.82) is 0 Å². The third kappa shape index (κ3) is 3.69. The largest absolute Gasteiger partial charge is 0.379 e. The lowest BCUT2D eigenvalue weighted by Gasteiger charge is -2.26. The maximum Gasteiger partial charge on any atom is 0.227 e. The van der Waals surface area contributed by atoms with Crippen LogP contribution in [-0.2, 0) is 9.53 Å². The van der Waals surface area contributed by atoms with E-state index < -0.39 is 0 Å². The van der Waals surface area contributed by atoms with Gasteiger partial charge in [0.15, 0.2) is 0 Å². The molecule has 0 bridgehead atoms. The molecule has 3 N–H and O–H groups in total. The number of rotatable bonds is 4. The van der Waals surface area contributed by atoms with Gasteiger partial charge < -0.3 is 15.8 Å². The van der Waals surface area contributed by atoms with Crippen molar-refractivity contribution in [1.82, 2.24) is 5.32 Å². The van der Waals surface area contributed by atoms with E-state index in [-0.39, 0.29) is 17.9 Å². The molecule has 0 radical (unpaired) electrons. The molecule has 1 heterocycles. The Labute approximate surface area is 110 Å². The molecular formula is C14H26N2O2. The lowest BCUT2D eigenvalue weighted by molar-refractivity contribution is -0.125. The maximum absolute atomic E-state index is 11.9. The third-order valence-corrected chi connectivity index (χ3v) is 4.45. The van der Waals surface area contributed by atoms with Crippen LogP contribution in [0.1, 0.15) is 39.0 Å². The van der Waals surface area contributed by atoms with E-state index in [1.54, 1.807) is 0 Å². The molecule has 4 heteroatoms. The fourth-order valence-corrected chi connectivity index (χ4v) is 2.99. The minimum atomic E-state index is -0.142. The van der Waals surface area contributed by atoms with Crippen molar-refractivity contribution in [2.24, 2.45) is 23.5 Å². The summed E-state index contributed by atoms with van der Waals surface area (Å²) in [6, 6.07) is -0.125. The molecule has 2 unspecified atom stereocenters. The van der Waals surface area contributed by atoms with E-state index in [1.807, 2.05) is 0 Å². The SMILES string of the molecule is CC1CCC(CCNC(=O)C2COCC2N)CC1. The highest BCUT2D eigenvalue weighted by molar-refractivity contribution is 5.79. The zero-order valence-corrected chi connectivity index (χ0v) is 11.4. The van der Waals surface area contributed by atoms with E-state index >= 15 is 0 Å². The summed E-state index contributed by atoms with van der Waals surface area (Å²) in [4.78, 5) is 11.9. The second-order valence-corrected chi connectivity index (χ2v) is 6.01. The Morgan fingerprint density at radius 3 is 2.61 bits per heavy atom. The van der Waals surface area contributed by atoms with Gasteiger partial charge in [0.05, 0.1) is 19.1 Å². The van der Waals surface area contributed by atoms with Crippen molar-refractivity contribution in [3.05, 3.63) is 0 Å². The van der Waals surface area contributed by atoms with Gasteiger partial charge in [-0.2, -0.15) is 0 Å². The zero-order chi connectivity index (χ0) is 13.0. The molecule has 104 valence electrons.